The number of hydrogen-bond acceptors (Lipinski definition) is 12. The van der Waals surface area contributed by atoms with Gasteiger partial charge >= 0.3 is 22.7 Å². The van der Waals surface area contributed by atoms with E-state index in [0.717, 1.165) is 12.1 Å². The molecule has 212 valence electrons. The first-order valence-corrected chi connectivity index (χ1v) is 12.7. The van der Waals surface area contributed by atoms with Crippen LogP contribution in [0.5, 0.6) is 46.0 Å². The summed E-state index contributed by atoms with van der Waals surface area (Å²) in [4.78, 5) is 43.7. The summed E-state index contributed by atoms with van der Waals surface area (Å²) in [5.41, 5.74) is -3.05. The van der Waals surface area contributed by atoms with Gasteiger partial charge in [-0.05, 0) is 56.1 Å². The van der Waals surface area contributed by atoms with Crippen molar-refractivity contribution < 1.29 is 38.6 Å². The number of hydrogen-bond donors (Lipinski definition) is 0. The molecule has 4 aromatic carbocycles. The number of nitrogens with zero attached hydrogens (tertiary/aromatic N) is 4. The van der Waals surface area contributed by atoms with E-state index in [1.807, 2.05) is 0 Å². The van der Waals surface area contributed by atoms with E-state index in [1.54, 1.807) is 0 Å². The van der Waals surface area contributed by atoms with Crippen LogP contribution >= 0.6 is 31.9 Å². The van der Waals surface area contributed by atoms with Crippen molar-refractivity contribution in [1.82, 2.24) is 0 Å². The van der Waals surface area contributed by atoms with E-state index < -0.39 is 65.4 Å². The van der Waals surface area contributed by atoms with Crippen LogP contribution < -0.4 is 18.9 Å². The Balaban J connectivity index is 1.82. The van der Waals surface area contributed by atoms with E-state index in [-0.39, 0.29) is 31.9 Å². The number of nitro groups is 4. The molecule has 1 aliphatic rings. The molecule has 1 heterocycles. The average Bonchev–Trinajstić information content (AvgIpc) is 2.92. The molecular formula is C24H10Br2N4O12. The summed E-state index contributed by atoms with van der Waals surface area (Å²) in [6.45, 7) is 0. The SMILES string of the molecule is O=[N+]([O-])c1cc([N+](=O)[O-])c2cc1Oc1cccc(c1Br)Oc1cc(c([N+](=O)[O-])cc1[N+](=O)[O-])Oc1cccc(c1Br)O2. The summed E-state index contributed by atoms with van der Waals surface area (Å²) < 4.78 is 23.1. The number of nitro benzene ring substituents is 4. The second-order valence-corrected chi connectivity index (χ2v) is 9.73. The van der Waals surface area contributed by atoms with Gasteiger partial charge in [0.15, 0.2) is 0 Å². The Morgan fingerprint density at radius 2 is 0.667 bits per heavy atom. The Morgan fingerprint density at radius 3 is 0.881 bits per heavy atom. The van der Waals surface area contributed by atoms with Gasteiger partial charge in [-0.1, -0.05) is 12.1 Å². The lowest BCUT2D eigenvalue weighted by Crippen LogP contribution is -2.01. The fourth-order valence-corrected chi connectivity index (χ4v) is 4.60. The number of ether oxygens (including phenoxy) is 4. The Bertz CT molecular complexity index is 1600. The van der Waals surface area contributed by atoms with Gasteiger partial charge in [-0.15, -0.1) is 0 Å². The van der Waals surface area contributed by atoms with E-state index in [4.69, 9.17) is 18.9 Å². The average molecular weight is 706 g/mol. The van der Waals surface area contributed by atoms with Crippen LogP contribution in [0.3, 0.4) is 0 Å². The molecule has 4 aromatic rings. The van der Waals surface area contributed by atoms with Gasteiger partial charge in [0.2, 0.25) is 23.0 Å². The monoisotopic (exact) mass is 704 g/mol. The zero-order chi connectivity index (χ0) is 30.3. The largest absolute Gasteiger partial charge is 0.449 e. The molecule has 0 aliphatic carbocycles. The summed E-state index contributed by atoms with van der Waals surface area (Å²) in [5.74, 6) is -2.15. The standard InChI is InChI=1S/C24H10Br2N4O12/c25-23-15-3-1-4-16(23)40-20-10-22(14(30(37)38)8-12(20)28(33)34)42-18-6-2-5-17(24(18)26)41-21-9-19(39-15)11(27(31)32)7-13(21)29(35)36/h1-10H. The molecule has 0 N–H and O–H groups in total. The first-order valence-electron chi connectivity index (χ1n) is 11.2. The summed E-state index contributed by atoms with van der Waals surface area (Å²) in [7, 11) is 0. The third-order valence-corrected chi connectivity index (χ3v) is 7.17. The van der Waals surface area contributed by atoms with Crippen LogP contribution in [0.1, 0.15) is 0 Å². The third-order valence-electron chi connectivity index (χ3n) is 5.60. The summed E-state index contributed by atoms with van der Waals surface area (Å²) >= 11 is 6.48. The Kier molecular flexibility index (Phi) is 7.31. The van der Waals surface area contributed by atoms with Gasteiger partial charge in [0, 0.05) is 12.1 Å². The molecule has 0 saturated carbocycles. The van der Waals surface area contributed by atoms with Gasteiger partial charge < -0.3 is 18.9 Å². The van der Waals surface area contributed by atoms with E-state index in [0.29, 0.717) is 12.1 Å². The van der Waals surface area contributed by atoms with Gasteiger partial charge in [-0.25, -0.2) is 0 Å². The van der Waals surface area contributed by atoms with Crippen molar-refractivity contribution >= 4 is 54.6 Å². The lowest BCUT2D eigenvalue weighted by Gasteiger charge is -2.16. The summed E-state index contributed by atoms with van der Waals surface area (Å²) in [6, 6.07) is 11.5. The van der Waals surface area contributed by atoms with Gasteiger partial charge in [0.05, 0.1) is 19.7 Å². The van der Waals surface area contributed by atoms with Crippen molar-refractivity contribution in [2.45, 2.75) is 0 Å². The Hall–Kier alpha value is -5.36. The highest BCUT2D eigenvalue weighted by molar-refractivity contribution is 9.11. The molecule has 8 bridgehead atoms. The van der Waals surface area contributed by atoms with Gasteiger partial charge in [0.25, 0.3) is 0 Å². The normalized spacial score (nSPS) is 11.7. The fourth-order valence-electron chi connectivity index (χ4n) is 3.75. The van der Waals surface area contributed by atoms with Crippen LogP contribution in [-0.2, 0) is 0 Å². The van der Waals surface area contributed by atoms with Gasteiger partial charge in [0.1, 0.15) is 44.1 Å². The molecule has 0 atom stereocenters. The summed E-state index contributed by atoms with van der Waals surface area (Å²) in [5, 5.41) is 47.3. The predicted octanol–water partition coefficient (Wildman–Crippen LogP) is 8.33. The Labute approximate surface area is 248 Å². The molecule has 0 unspecified atom stereocenters. The van der Waals surface area contributed by atoms with Crippen LogP contribution in [0, 0.1) is 40.5 Å². The lowest BCUT2D eigenvalue weighted by molar-refractivity contribution is -0.395. The maximum Gasteiger partial charge on any atom is 0.318 e. The third kappa shape index (κ3) is 5.22. The smallest absolute Gasteiger partial charge is 0.318 e. The van der Waals surface area contributed by atoms with Crippen LogP contribution in [0.25, 0.3) is 0 Å². The maximum atomic E-state index is 11.8. The van der Waals surface area contributed by atoms with Crippen molar-refractivity contribution in [3.8, 4) is 46.0 Å². The molecule has 0 amide bonds. The molecule has 0 aromatic heterocycles. The van der Waals surface area contributed by atoms with Crippen LogP contribution in [0.15, 0.2) is 69.6 Å². The highest BCUT2D eigenvalue weighted by atomic mass is 79.9. The van der Waals surface area contributed by atoms with Gasteiger partial charge in [-0.2, -0.15) is 0 Å². The van der Waals surface area contributed by atoms with Crippen molar-refractivity contribution in [3.63, 3.8) is 0 Å². The second kappa shape index (κ2) is 10.9. The van der Waals surface area contributed by atoms with E-state index in [2.05, 4.69) is 31.9 Å². The van der Waals surface area contributed by atoms with Crippen LogP contribution in [0.2, 0.25) is 0 Å². The lowest BCUT2D eigenvalue weighted by atomic mass is 10.2. The highest BCUT2D eigenvalue weighted by Gasteiger charge is 2.31. The minimum Gasteiger partial charge on any atom is -0.449 e. The molecule has 42 heavy (non-hydrogen) atoms. The highest BCUT2D eigenvalue weighted by Crippen LogP contribution is 2.50. The number of fused-ring (bicyclic) bond motifs is 8. The van der Waals surface area contributed by atoms with Crippen molar-refractivity contribution in [2.75, 3.05) is 0 Å². The predicted molar refractivity (Wildman–Crippen MR) is 148 cm³/mol. The molecule has 18 heteroatoms. The van der Waals surface area contributed by atoms with Gasteiger partial charge in [-0.3, -0.25) is 40.5 Å². The topological polar surface area (TPSA) is 209 Å². The van der Waals surface area contributed by atoms with Crippen molar-refractivity contribution in [3.05, 3.63) is 110 Å². The molecule has 0 fully saturated rings. The van der Waals surface area contributed by atoms with Crippen molar-refractivity contribution in [1.29, 1.82) is 0 Å². The van der Waals surface area contributed by atoms with E-state index in [1.165, 1.54) is 36.4 Å². The van der Waals surface area contributed by atoms with E-state index in [9.17, 15) is 40.5 Å². The molecule has 5 rings (SSSR count). The van der Waals surface area contributed by atoms with Crippen LogP contribution in [0.4, 0.5) is 22.7 Å². The zero-order valence-electron chi connectivity index (χ0n) is 20.2. The minimum absolute atomic E-state index is 0.0234. The number of benzene rings is 4. The molecule has 0 spiro atoms. The number of rotatable bonds is 4. The maximum absolute atomic E-state index is 11.8. The Morgan fingerprint density at radius 1 is 0.429 bits per heavy atom. The second-order valence-electron chi connectivity index (χ2n) is 8.15. The minimum atomic E-state index is -0.884. The number of halogens is 2. The molecular weight excluding hydrogens is 696 g/mol. The zero-order valence-corrected chi connectivity index (χ0v) is 23.4. The molecule has 1 aliphatic heterocycles. The quantitative estimate of drug-likeness (QED) is 0.128. The fraction of sp³-hybridized carbons (Fsp3) is 0. The summed E-state index contributed by atoms with van der Waals surface area (Å²) in [6.07, 6.45) is 0. The van der Waals surface area contributed by atoms with E-state index >= 15 is 0 Å². The first kappa shape index (κ1) is 28.2. The molecule has 16 nitrogen and oxygen atoms in total. The molecule has 0 saturated heterocycles. The van der Waals surface area contributed by atoms with Crippen LogP contribution in [-0.4, -0.2) is 19.7 Å². The molecule has 0 radical (unpaired) electrons. The van der Waals surface area contributed by atoms with Crippen molar-refractivity contribution in [2.24, 2.45) is 0 Å². The first-order chi connectivity index (χ1) is 19.9.